The summed E-state index contributed by atoms with van der Waals surface area (Å²) in [5, 5.41) is 9.34. The number of aromatic nitrogens is 1. The van der Waals surface area contributed by atoms with E-state index in [1.54, 1.807) is 0 Å². The van der Waals surface area contributed by atoms with E-state index in [2.05, 4.69) is 52.6 Å². The summed E-state index contributed by atoms with van der Waals surface area (Å²) in [7, 11) is 0. The number of guanidine groups is 1. The van der Waals surface area contributed by atoms with Crippen molar-refractivity contribution in [3.8, 4) is 5.88 Å². The molecule has 8 nitrogen and oxygen atoms in total. The molecule has 2 saturated heterocycles. The number of nitrogens with zero attached hydrogens (tertiary/aromatic N) is 5. The number of likely N-dealkylation sites (tertiary alicyclic amines) is 2. The van der Waals surface area contributed by atoms with Crippen molar-refractivity contribution in [3.05, 3.63) is 41.7 Å². The second-order valence-electron chi connectivity index (χ2n) is 11.2. The summed E-state index contributed by atoms with van der Waals surface area (Å²) in [5.74, 6) is 2.54. The number of pyridine rings is 1. The highest BCUT2D eigenvalue weighted by molar-refractivity contribution is 5.84. The number of aliphatic hydroxyl groups is 1. The second-order valence-corrected chi connectivity index (χ2v) is 11.2. The van der Waals surface area contributed by atoms with Gasteiger partial charge < -0.3 is 19.6 Å². The van der Waals surface area contributed by atoms with Gasteiger partial charge in [-0.3, -0.25) is 4.79 Å². The third-order valence-corrected chi connectivity index (χ3v) is 8.52. The van der Waals surface area contributed by atoms with Crippen molar-refractivity contribution in [1.82, 2.24) is 14.8 Å². The minimum atomic E-state index is 0.0722. The number of aliphatic hydroxyl groups excluding tert-OH is 1. The fourth-order valence-electron chi connectivity index (χ4n) is 5.55. The van der Waals surface area contributed by atoms with Gasteiger partial charge in [-0.15, -0.1) is 0 Å². The van der Waals surface area contributed by atoms with Crippen molar-refractivity contribution in [2.75, 3.05) is 39.4 Å². The summed E-state index contributed by atoms with van der Waals surface area (Å²) in [4.78, 5) is 30.4. The fourth-order valence-corrected chi connectivity index (χ4v) is 5.55. The van der Waals surface area contributed by atoms with E-state index in [0.29, 0.717) is 30.3 Å². The van der Waals surface area contributed by atoms with Crippen molar-refractivity contribution in [2.45, 2.75) is 65.2 Å². The quantitative estimate of drug-likeness (QED) is 0.375. The second kappa shape index (κ2) is 14.4. The third-order valence-electron chi connectivity index (χ3n) is 8.52. The van der Waals surface area contributed by atoms with E-state index in [-0.39, 0.29) is 18.4 Å². The molecule has 1 unspecified atom stereocenters. The number of hydrogen-bond acceptors (Lipinski definition) is 5. The van der Waals surface area contributed by atoms with Crippen LogP contribution in [-0.4, -0.2) is 77.9 Å². The van der Waals surface area contributed by atoms with Crippen molar-refractivity contribution in [1.29, 1.82) is 0 Å². The molecule has 1 amide bonds. The number of amides is 1. The lowest BCUT2D eigenvalue weighted by Crippen LogP contribution is -2.42. The Bertz CT molecular complexity index is 1050. The maximum absolute atomic E-state index is 13.0. The molecule has 39 heavy (non-hydrogen) atoms. The normalized spacial score (nSPS) is 22.0. The molecule has 3 heterocycles. The molecule has 1 atom stereocenters. The van der Waals surface area contributed by atoms with Crippen LogP contribution in [0, 0.1) is 17.8 Å². The Morgan fingerprint density at radius 1 is 1.13 bits per heavy atom. The number of allylic oxidation sites excluding steroid dienone is 3. The Morgan fingerprint density at radius 3 is 2.44 bits per heavy atom. The number of ether oxygens (including phenoxy) is 1. The standard InChI is InChI=1S/C31H45N5O3/c1-4-23(2)19-34-31(32-3)36-17-13-25(14-18-36)22-39-29-10-9-28(20-33-29)26-5-7-27(8-6-26)30(38)35-15-11-24(21-37)12-16-35/h5,9-10,19-20,24-25,27,37H,3-4,6-8,11-18,21-22H2,1-2H3/b23-19+,34-31?. The molecule has 0 spiro atoms. The van der Waals surface area contributed by atoms with Crippen molar-refractivity contribution < 1.29 is 14.6 Å². The average molecular weight is 536 g/mol. The minimum Gasteiger partial charge on any atom is -0.477 e. The largest absolute Gasteiger partial charge is 0.477 e. The first-order valence-electron chi connectivity index (χ1n) is 14.6. The minimum absolute atomic E-state index is 0.0722. The van der Waals surface area contributed by atoms with Crippen LogP contribution in [0.2, 0.25) is 0 Å². The Balaban J connectivity index is 1.21. The molecular formula is C31H45N5O3. The van der Waals surface area contributed by atoms with Crippen LogP contribution in [-0.2, 0) is 4.79 Å². The molecule has 3 aliphatic rings. The molecule has 0 saturated carbocycles. The molecule has 1 aromatic rings. The number of carbonyl (C=O) groups excluding carboxylic acids is 1. The smallest absolute Gasteiger partial charge is 0.226 e. The fraction of sp³-hybridized carbons (Fsp3) is 0.613. The van der Waals surface area contributed by atoms with E-state index >= 15 is 0 Å². The SMILES string of the molecule is C=NC(=N/C=C(\C)CC)N1CCC(COc2ccc(C3=CCC(C(=O)N4CCC(CO)CC4)CC3)cn2)CC1. The van der Waals surface area contributed by atoms with Gasteiger partial charge in [-0.1, -0.05) is 18.6 Å². The number of rotatable bonds is 8. The maximum atomic E-state index is 13.0. The predicted octanol–water partition coefficient (Wildman–Crippen LogP) is 4.96. The van der Waals surface area contributed by atoms with Crippen LogP contribution in [0.4, 0.5) is 0 Å². The van der Waals surface area contributed by atoms with Gasteiger partial charge in [0, 0.05) is 57.2 Å². The van der Waals surface area contributed by atoms with Crippen LogP contribution < -0.4 is 4.74 Å². The van der Waals surface area contributed by atoms with E-state index in [4.69, 9.17) is 4.74 Å². The lowest BCUT2D eigenvalue weighted by Gasteiger charge is -2.34. The van der Waals surface area contributed by atoms with Gasteiger partial charge in [-0.2, -0.15) is 0 Å². The van der Waals surface area contributed by atoms with Gasteiger partial charge in [-0.25, -0.2) is 15.0 Å². The molecule has 1 N–H and O–H groups in total. The number of carbonyl (C=O) groups is 1. The summed E-state index contributed by atoms with van der Waals surface area (Å²) in [6.45, 7) is 12.1. The molecule has 0 aromatic carbocycles. The topological polar surface area (TPSA) is 90.6 Å². The first-order valence-corrected chi connectivity index (χ1v) is 14.6. The van der Waals surface area contributed by atoms with E-state index in [1.165, 1.54) is 11.1 Å². The van der Waals surface area contributed by atoms with E-state index in [0.717, 1.165) is 83.1 Å². The first kappa shape index (κ1) is 29.0. The van der Waals surface area contributed by atoms with Gasteiger partial charge in [0.2, 0.25) is 17.7 Å². The predicted molar refractivity (Wildman–Crippen MR) is 157 cm³/mol. The summed E-state index contributed by atoms with van der Waals surface area (Å²) < 4.78 is 6.04. The van der Waals surface area contributed by atoms with Crippen molar-refractivity contribution in [3.63, 3.8) is 0 Å². The third kappa shape index (κ3) is 8.01. The molecule has 1 aromatic heterocycles. The average Bonchev–Trinajstić information content (AvgIpc) is 3.00. The Morgan fingerprint density at radius 2 is 1.85 bits per heavy atom. The summed E-state index contributed by atoms with van der Waals surface area (Å²) in [5.41, 5.74) is 3.60. The zero-order chi connectivity index (χ0) is 27.6. The number of piperidine rings is 2. The Labute approximate surface area is 233 Å². The summed E-state index contributed by atoms with van der Waals surface area (Å²) >= 11 is 0. The highest BCUT2D eigenvalue weighted by Crippen LogP contribution is 2.32. The molecule has 0 bridgehead atoms. The van der Waals surface area contributed by atoms with Gasteiger partial charge in [0.05, 0.1) is 6.61 Å². The highest BCUT2D eigenvalue weighted by atomic mass is 16.5. The van der Waals surface area contributed by atoms with Crippen LogP contribution in [0.3, 0.4) is 0 Å². The van der Waals surface area contributed by atoms with Crippen LogP contribution in [0.15, 0.2) is 46.2 Å². The van der Waals surface area contributed by atoms with Gasteiger partial charge >= 0.3 is 0 Å². The number of hydrogen-bond donors (Lipinski definition) is 1. The van der Waals surface area contributed by atoms with Crippen molar-refractivity contribution >= 4 is 24.2 Å². The zero-order valence-corrected chi connectivity index (χ0v) is 23.7. The molecule has 0 radical (unpaired) electrons. The molecule has 8 heteroatoms. The molecule has 212 valence electrons. The molecule has 2 aliphatic heterocycles. The molecule has 1 aliphatic carbocycles. The Hall–Kier alpha value is -3.00. The monoisotopic (exact) mass is 535 g/mol. The molecular weight excluding hydrogens is 490 g/mol. The highest BCUT2D eigenvalue weighted by Gasteiger charge is 2.29. The summed E-state index contributed by atoms with van der Waals surface area (Å²) in [6, 6.07) is 4.05. The Kier molecular flexibility index (Phi) is 10.7. The van der Waals surface area contributed by atoms with Crippen LogP contribution in [0.5, 0.6) is 5.88 Å². The van der Waals surface area contributed by atoms with Crippen molar-refractivity contribution in [2.24, 2.45) is 27.7 Å². The van der Waals surface area contributed by atoms with Gasteiger partial charge in [0.1, 0.15) is 0 Å². The first-order chi connectivity index (χ1) is 19.0. The summed E-state index contributed by atoms with van der Waals surface area (Å²) in [6.07, 6.45) is 13.4. The maximum Gasteiger partial charge on any atom is 0.226 e. The van der Waals surface area contributed by atoms with E-state index < -0.39 is 0 Å². The lowest BCUT2D eigenvalue weighted by molar-refractivity contribution is -0.137. The zero-order valence-electron chi connectivity index (χ0n) is 23.7. The molecule has 2 fully saturated rings. The van der Waals surface area contributed by atoms with Crippen LogP contribution >= 0.6 is 0 Å². The van der Waals surface area contributed by atoms with Crippen LogP contribution in [0.1, 0.15) is 70.8 Å². The number of aliphatic imine (C=N–C) groups is 2. The lowest BCUT2D eigenvalue weighted by atomic mass is 9.85. The van der Waals surface area contributed by atoms with Gasteiger partial charge in [-0.05, 0) is 94.0 Å². The van der Waals surface area contributed by atoms with Gasteiger partial charge in [0.15, 0.2) is 0 Å². The van der Waals surface area contributed by atoms with Gasteiger partial charge in [0.25, 0.3) is 0 Å². The van der Waals surface area contributed by atoms with Crippen LogP contribution in [0.25, 0.3) is 5.57 Å². The molecule has 4 rings (SSSR count). The van der Waals surface area contributed by atoms with E-state index in [9.17, 15) is 9.90 Å². The van der Waals surface area contributed by atoms with E-state index in [1.807, 2.05) is 23.4 Å².